The lowest BCUT2D eigenvalue weighted by Gasteiger charge is -2.40. The van der Waals surface area contributed by atoms with Gasteiger partial charge in [0, 0.05) is 6.54 Å². The lowest BCUT2D eigenvalue weighted by Crippen LogP contribution is -2.55. The number of sulfone groups is 1. The third-order valence-corrected chi connectivity index (χ3v) is 7.22. The summed E-state index contributed by atoms with van der Waals surface area (Å²) in [6, 6.07) is 5.92. The maximum atomic E-state index is 14.2. The van der Waals surface area contributed by atoms with Crippen molar-refractivity contribution in [2.24, 2.45) is 4.99 Å². The van der Waals surface area contributed by atoms with E-state index in [4.69, 9.17) is 4.74 Å². The Labute approximate surface area is 179 Å². The number of hydrogen-bond donors (Lipinski definition) is 1. The van der Waals surface area contributed by atoms with E-state index in [1.807, 2.05) is 13.8 Å². The number of nitrogens with zero attached hydrogens (tertiary/aromatic N) is 4. The normalized spacial score (nSPS) is 25.3. The second kappa shape index (κ2) is 8.60. The van der Waals surface area contributed by atoms with Crippen LogP contribution in [-0.4, -0.2) is 60.8 Å². The highest BCUT2D eigenvalue weighted by Gasteiger charge is 2.45. The zero-order valence-corrected chi connectivity index (χ0v) is 18.0. The largest absolute Gasteiger partial charge is 0.375 e. The first-order valence-corrected chi connectivity index (χ1v) is 11.1. The first kappa shape index (κ1) is 22.6. The van der Waals surface area contributed by atoms with Crippen LogP contribution in [0.5, 0.6) is 0 Å². The summed E-state index contributed by atoms with van der Waals surface area (Å²) in [5.41, 5.74) is -1.05. The van der Waals surface area contributed by atoms with Gasteiger partial charge in [-0.15, -0.1) is 0 Å². The smallest absolute Gasteiger partial charge is 0.332 e. The highest BCUT2D eigenvalue weighted by molar-refractivity contribution is 7.92. The van der Waals surface area contributed by atoms with Gasteiger partial charge >= 0.3 is 5.70 Å². The molecular weight excluding hydrogens is 429 g/mol. The van der Waals surface area contributed by atoms with E-state index in [0.29, 0.717) is 13.2 Å². The number of aliphatic imine (C=N–C) groups is 1. The van der Waals surface area contributed by atoms with Crippen LogP contribution in [0.25, 0.3) is 0 Å². The van der Waals surface area contributed by atoms with Gasteiger partial charge < -0.3 is 15.0 Å². The highest BCUT2D eigenvalue weighted by atomic mass is 32.2. The van der Waals surface area contributed by atoms with Crippen molar-refractivity contribution < 1.29 is 22.5 Å². The SMILES string of the molecule is CC1N=C(N2CCO[C@H](C)[C@H]2C)C([N+](=O)[O-])=C(C(C#N)S(=O)(=O)c2ccccc2F)N1. The van der Waals surface area contributed by atoms with E-state index in [0.717, 1.165) is 12.1 Å². The van der Waals surface area contributed by atoms with E-state index >= 15 is 0 Å². The van der Waals surface area contributed by atoms with Crippen LogP contribution in [0.15, 0.2) is 45.5 Å². The van der Waals surface area contributed by atoms with Crippen molar-refractivity contribution in [1.29, 1.82) is 5.26 Å². The van der Waals surface area contributed by atoms with Crippen LogP contribution >= 0.6 is 0 Å². The predicted molar refractivity (Wildman–Crippen MR) is 109 cm³/mol. The third kappa shape index (κ3) is 4.11. The van der Waals surface area contributed by atoms with Crippen LogP contribution in [0.4, 0.5) is 4.39 Å². The molecule has 0 bridgehead atoms. The van der Waals surface area contributed by atoms with Crippen LogP contribution in [0, 0.1) is 27.3 Å². The summed E-state index contributed by atoms with van der Waals surface area (Å²) in [5, 5.41) is 22.4. The molecule has 10 nitrogen and oxygen atoms in total. The van der Waals surface area contributed by atoms with Gasteiger partial charge in [0.15, 0.2) is 5.25 Å². The minimum Gasteiger partial charge on any atom is -0.375 e. The molecule has 2 unspecified atom stereocenters. The minimum absolute atomic E-state index is 0.0297. The number of nitrogens with one attached hydrogen (secondary N) is 1. The Kier molecular flexibility index (Phi) is 6.28. The number of ether oxygens (including phenoxy) is 1. The Morgan fingerprint density at radius 1 is 1.39 bits per heavy atom. The first-order valence-electron chi connectivity index (χ1n) is 9.59. The molecule has 12 heteroatoms. The number of hydrogen-bond acceptors (Lipinski definition) is 9. The van der Waals surface area contributed by atoms with Crippen molar-refractivity contribution >= 4 is 15.7 Å². The molecule has 0 amide bonds. The van der Waals surface area contributed by atoms with Gasteiger partial charge in [-0.05, 0) is 32.9 Å². The van der Waals surface area contributed by atoms with Crippen molar-refractivity contribution in [2.75, 3.05) is 13.2 Å². The summed E-state index contributed by atoms with van der Waals surface area (Å²) >= 11 is 0. The Morgan fingerprint density at radius 3 is 2.68 bits per heavy atom. The molecule has 1 N–H and O–H groups in total. The molecule has 166 valence electrons. The van der Waals surface area contributed by atoms with Gasteiger partial charge in [0.1, 0.15) is 22.6 Å². The van der Waals surface area contributed by atoms with E-state index in [9.17, 15) is 28.2 Å². The zero-order valence-electron chi connectivity index (χ0n) is 17.1. The Balaban J connectivity index is 2.18. The van der Waals surface area contributed by atoms with Crippen LogP contribution in [0.3, 0.4) is 0 Å². The topological polar surface area (TPSA) is 138 Å². The van der Waals surface area contributed by atoms with E-state index in [1.54, 1.807) is 17.9 Å². The number of morpholine rings is 1. The fraction of sp³-hybridized carbons (Fsp3) is 0.474. The number of benzene rings is 1. The van der Waals surface area contributed by atoms with E-state index < -0.39 is 48.3 Å². The molecule has 3 rings (SSSR count). The summed E-state index contributed by atoms with van der Waals surface area (Å²) in [6.45, 7) is 5.82. The van der Waals surface area contributed by atoms with Crippen LogP contribution in [-0.2, 0) is 14.6 Å². The van der Waals surface area contributed by atoms with Crippen molar-refractivity contribution in [1.82, 2.24) is 10.2 Å². The van der Waals surface area contributed by atoms with Gasteiger partial charge in [0.25, 0.3) is 0 Å². The molecule has 2 heterocycles. The van der Waals surface area contributed by atoms with Crippen molar-refractivity contribution in [2.45, 2.75) is 49.2 Å². The molecule has 0 aromatic heterocycles. The summed E-state index contributed by atoms with van der Waals surface area (Å²) in [6.07, 6.45) is -0.988. The van der Waals surface area contributed by atoms with Gasteiger partial charge in [-0.1, -0.05) is 12.1 Å². The second-order valence-corrected chi connectivity index (χ2v) is 9.29. The molecule has 0 radical (unpaired) electrons. The molecule has 0 spiro atoms. The van der Waals surface area contributed by atoms with Gasteiger partial charge in [-0.2, -0.15) is 5.26 Å². The molecule has 1 saturated heterocycles. The van der Waals surface area contributed by atoms with Gasteiger partial charge in [0.05, 0.1) is 29.7 Å². The highest BCUT2D eigenvalue weighted by Crippen LogP contribution is 2.29. The zero-order chi connectivity index (χ0) is 22.9. The molecule has 31 heavy (non-hydrogen) atoms. The quantitative estimate of drug-likeness (QED) is 0.536. The molecule has 0 saturated carbocycles. The molecule has 0 aliphatic carbocycles. The number of halogens is 1. The van der Waals surface area contributed by atoms with Crippen LogP contribution in [0.1, 0.15) is 20.8 Å². The van der Waals surface area contributed by atoms with Gasteiger partial charge in [0.2, 0.25) is 15.7 Å². The lowest BCUT2D eigenvalue weighted by molar-refractivity contribution is -0.418. The Hall–Kier alpha value is -3.04. The molecule has 1 aromatic rings. The van der Waals surface area contributed by atoms with Gasteiger partial charge in [-0.25, -0.2) is 17.8 Å². The van der Waals surface area contributed by atoms with Crippen molar-refractivity contribution in [3.05, 3.63) is 51.6 Å². The third-order valence-electron chi connectivity index (χ3n) is 5.32. The number of rotatable bonds is 4. The lowest BCUT2D eigenvalue weighted by atomic mass is 10.1. The van der Waals surface area contributed by atoms with E-state index in [2.05, 4.69) is 10.3 Å². The molecule has 4 atom stereocenters. The maximum absolute atomic E-state index is 14.2. The number of amidine groups is 1. The number of nitriles is 1. The standard InChI is InChI=1S/C19H22FN5O5S/c1-11-12(2)30-9-8-24(11)19-18(25(26)27)17(22-13(3)23-19)16(10-21)31(28,29)15-7-5-4-6-14(15)20/h4-7,11-13,16,22H,8-9H2,1-3H3/t11-,12-,13?,16?/m1/s1. The van der Waals surface area contributed by atoms with Crippen LogP contribution in [0.2, 0.25) is 0 Å². The maximum Gasteiger partial charge on any atom is 0.332 e. The fourth-order valence-electron chi connectivity index (χ4n) is 3.60. The average molecular weight is 451 g/mol. The summed E-state index contributed by atoms with van der Waals surface area (Å²) in [5.74, 6) is -1.07. The summed E-state index contributed by atoms with van der Waals surface area (Å²) in [4.78, 5) is 16.6. The average Bonchev–Trinajstić information content (AvgIpc) is 2.70. The van der Waals surface area contributed by atoms with Crippen LogP contribution < -0.4 is 5.32 Å². The van der Waals surface area contributed by atoms with Gasteiger partial charge in [-0.3, -0.25) is 10.1 Å². The molecule has 2 aliphatic rings. The van der Waals surface area contributed by atoms with Crippen molar-refractivity contribution in [3.63, 3.8) is 0 Å². The minimum atomic E-state index is -4.61. The van der Waals surface area contributed by atoms with E-state index in [-0.39, 0.29) is 18.0 Å². The summed E-state index contributed by atoms with van der Waals surface area (Å²) < 4.78 is 46.1. The second-order valence-electron chi connectivity index (χ2n) is 7.29. The van der Waals surface area contributed by atoms with E-state index in [1.165, 1.54) is 12.1 Å². The first-order chi connectivity index (χ1) is 14.6. The molecule has 1 fully saturated rings. The monoisotopic (exact) mass is 451 g/mol. The van der Waals surface area contributed by atoms with Crippen molar-refractivity contribution in [3.8, 4) is 6.07 Å². The Morgan fingerprint density at radius 2 is 2.06 bits per heavy atom. The predicted octanol–water partition coefficient (Wildman–Crippen LogP) is 1.44. The number of nitro groups is 1. The molecule has 1 aromatic carbocycles. The summed E-state index contributed by atoms with van der Waals surface area (Å²) in [7, 11) is -4.61. The Bertz CT molecular complexity index is 1100. The molecule has 2 aliphatic heterocycles. The molecular formula is C19H22FN5O5S. The fourth-order valence-corrected chi connectivity index (χ4v) is 5.10.